The Hall–Kier alpha value is -2.57. The van der Waals surface area contributed by atoms with Gasteiger partial charge >= 0.3 is 12.1 Å². The SMILES string of the molecule is NC(=O)OOC(=O)Cn1cnc2ccccc21. The number of hydrogen-bond donors (Lipinski definition) is 1. The molecule has 2 rings (SSSR count). The first kappa shape index (κ1) is 10.9. The minimum atomic E-state index is -1.17. The molecule has 0 unspecified atom stereocenters. The number of imidazole rings is 1. The molecule has 0 bridgehead atoms. The average Bonchev–Trinajstić information content (AvgIpc) is 2.70. The Morgan fingerprint density at radius 1 is 1.29 bits per heavy atom. The number of para-hydroxylation sites is 2. The summed E-state index contributed by atoms with van der Waals surface area (Å²) in [5.74, 6) is -0.744. The van der Waals surface area contributed by atoms with Gasteiger partial charge in [0.25, 0.3) is 0 Å². The van der Waals surface area contributed by atoms with Gasteiger partial charge in [0.05, 0.1) is 17.4 Å². The Morgan fingerprint density at radius 3 is 2.82 bits per heavy atom. The Labute approximate surface area is 95.7 Å². The highest BCUT2D eigenvalue weighted by Gasteiger charge is 2.10. The molecule has 1 aromatic heterocycles. The molecule has 0 saturated heterocycles. The summed E-state index contributed by atoms with van der Waals surface area (Å²) in [5.41, 5.74) is 6.19. The zero-order chi connectivity index (χ0) is 12.3. The van der Waals surface area contributed by atoms with Crippen LogP contribution in [0, 0.1) is 0 Å². The first-order valence-electron chi connectivity index (χ1n) is 4.73. The number of nitrogens with two attached hydrogens (primary N) is 1. The predicted molar refractivity (Wildman–Crippen MR) is 56.5 cm³/mol. The minimum Gasteiger partial charge on any atom is -0.332 e. The van der Waals surface area contributed by atoms with E-state index in [-0.39, 0.29) is 6.54 Å². The van der Waals surface area contributed by atoms with E-state index in [0.29, 0.717) is 0 Å². The van der Waals surface area contributed by atoms with Gasteiger partial charge in [0.15, 0.2) is 0 Å². The smallest absolute Gasteiger partial charge is 0.332 e. The molecule has 1 amide bonds. The third-order valence-electron chi connectivity index (χ3n) is 2.04. The number of amides is 1. The maximum absolute atomic E-state index is 11.3. The molecule has 7 nitrogen and oxygen atoms in total. The van der Waals surface area contributed by atoms with Crippen LogP contribution in [0.1, 0.15) is 0 Å². The lowest BCUT2D eigenvalue weighted by Crippen LogP contribution is -2.19. The van der Waals surface area contributed by atoms with E-state index in [2.05, 4.69) is 20.5 Å². The molecular formula is C10H9N3O4. The van der Waals surface area contributed by atoms with Crippen LogP contribution in [0.2, 0.25) is 0 Å². The Bertz CT molecular complexity index is 563. The van der Waals surface area contributed by atoms with Crippen molar-refractivity contribution in [2.75, 3.05) is 0 Å². The maximum Gasteiger partial charge on any atom is 0.447 e. The summed E-state index contributed by atoms with van der Waals surface area (Å²) in [7, 11) is 0. The van der Waals surface area contributed by atoms with Crippen LogP contribution >= 0.6 is 0 Å². The van der Waals surface area contributed by atoms with E-state index in [1.165, 1.54) is 6.33 Å². The number of primary amides is 1. The summed E-state index contributed by atoms with van der Waals surface area (Å²) in [6, 6.07) is 7.29. The molecule has 0 saturated carbocycles. The molecule has 0 radical (unpaired) electrons. The molecule has 0 fully saturated rings. The Balaban J connectivity index is 2.08. The van der Waals surface area contributed by atoms with Crippen LogP contribution in [0.15, 0.2) is 30.6 Å². The van der Waals surface area contributed by atoms with E-state index in [1.807, 2.05) is 24.3 Å². The summed E-state index contributed by atoms with van der Waals surface area (Å²) in [5, 5.41) is 0. The first-order valence-corrected chi connectivity index (χ1v) is 4.73. The van der Waals surface area contributed by atoms with Crippen LogP contribution in [0.5, 0.6) is 0 Å². The van der Waals surface area contributed by atoms with Crippen molar-refractivity contribution in [2.45, 2.75) is 6.54 Å². The van der Waals surface area contributed by atoms with Crippen LogP contribution in [-0.2, 0) is 21.1 Å². The number of carbonyl (C=O) groups is 2. The summed E-state index contributed by atoms with van der Waals surface area (Å²) < 4.78 is 1.57. The van der Waals surface area contributed by atoms with Crippen molar-refractivity contribution in [3.8, 4) is 0 Å². The third-order valence-corrected chi connectivity index (χ3v) is 2.04. The number of rotatable bonds is 2. The second-order valence-corrected chi connectivity index (χ2v) is 3.22. The van der Waals surface area contributed by atoms with Gasteiger partial charge < -0.3 is 10.3 Å². The molecule has 1 heterocycles. The van der Waals surface area contributed by atoms with Gasteiger partial charge in [0, 0.05) is 0 Å². The van der Waals surface area contributed by atoms with Gasteiger partial charge in [-0.2, -0.15) is 0 Å². The fraction of sp³-hybridized carbons (Fsp3) is 0.100. The fourth-order valence-electron chi connectivity index (χ4n) is 1.39. The Morgan fingerprint density at radius 2 is 2.06 bits per heavy atom. The van der Waals surface area contributed by atoms with Crippen molar-refractivity contribution in [3.05, 3.63) is 30.6 Å². The molecule has 0 aliphatic carbocycles. The summed E-state index contributed by atoms with van der Waals surface area (Å²) in [6.07, 6.45) is 0.324. The third kappa shape index (κ3) is 2.51. The molecule has 1 aromatic carbocycles. The van der Waals surface area contributed by atoms with Gasteiger partial charge in [-0.25, -0.2) is 24.3 Å². The van der Waals surface area contributed by atoms with E-state index < -0.39 is 12.1 Å². The largest absolute Gasteiger partial charge is 0.447 e. The molecule has 17 heavy (non-hydrogen) atoms. The Kier molecular flexibility index (Phi) is 2.91. The highest BCUT2D eigenvalue weighted by atomic mass is 17.2. The zero-order valence-corrected chi connectivity index (χ0v) is 8.70. The highest BCUT2D eigenvalue weighted by Crippen LogP contribution is 2.11. The zero-order valence-electron chi connectivity index (χ0n) is 8.70. The van der Waals surface area contributed by atoms with Gasteiger partial charge in [0.1, 0.15) is 6.54 Å². The molecule has 2 aromatic rings. The monoisotopic (exact) mass is 235 g/mol. The lowest BCUT2D eigenvalue weighted by Gasteiger charge is -2.02. The van der Waals surface area contributed by atoms with Crippen LogP contribution in [0.4, 0.5) is 4.79 Å². The fourth-order valence-corrected chi connectivity index (χ4v) is 1.39. The topological polar surface area (TPSA) is 96.4 Å². The number of fused-ring (bicyclic) bond motifs is 1. The van der Waals surface area contributed by atoms with Crippen molar-refractivity contribution in [1.29, 1.82) is 0 Å². The van der Waals surface area contributed by atoms with Crippen molar-refractivity contribution < 1.29 is 19.4 Å². The first-order chi connectivity index (χ1) is 8.16. The number of carbonyl (C=O) groups excluding carboxylic acids is 2. The number of hydrogen-bond acceptors (Lipinski definition) is 5. The summed E-state index contributed by atoms with van der Waals surface area (Å²) in [6.45, 7) is -0.117. The van der Waals surface area contributed by atoms with Gasteiger partial charge in [-0.1, -0.05) is 12.1 Å². The van der Waals surface area contributed by atoms with Crippen molar-refractivity contribution in [3.63, 3.8) is 0 Å². The van der Waals surface area contributed by atoms with E-state index in [0.717, 1.165) is 11.0 Å². The van der Waals surface area contributed by atoms with E-state index in [9.17, 15) is 9.59 Å². The van der Waals surface area contributed by atoms with Crippen molar-refractivity contribution in [1.82, 2.24) is 9.55 Å². The molecule has 0 spiro atoms. The highest BCUT2D eigenvalue weighted by molar-refractivity contribution is 5.78. The van der Waals surface area contributed by atoms with Gasteiger partial charge in [-0.3, -0.25) is 0 Å². The number of benzene rings is 1. The van der Waals surface area contributed by atoms with Gasteiger partial charge in [0.2, 0.25) is 0 Å². The van der Waals surface area contributed by atoms with Crippen LogP contribution in [-0.4, -0.2) is 21.6 Å². The van der Waals surface area contributed by atoms with Gasteiger partial charge in [-0.15, -0.1) is 0 Å². The quantitative estimate of drug-likeness (QED) is 0.607. The number of aromatic nitrogens is 2. The molecule has 0 aliphatic rings. The van der Waals surface area contributed by atoms with Crippen molar-refractivity contribution >= 4 is 23.1 Å². The molecule has 88 valence electrons. The lowest BCUT2D eigenvalue weighted by atomic mass is 10.3. The van der Waals surface area contributed by atoms with E-state index >= 15 is 0 Å². The molecule has 7 heteroatoms. The predicted octanol–water partition coefficient (Wildman–Crippen LogP) is 0.590. The molecule has 2 N–H and O–H groups in total. The van der Waals surface area contributed by atoms with Crippen LogP contribution in [0.3, 0.4) is 0 Å². The normalized spacial score (nSPS) is 10.1. The number of nitrogens with zero attached hydrogens (tertiary/aromatic N) is 2. The molecule has 0 aliphatic heterocycles. The van der Waals surface area contributed by atoms with Crippen LogP contribution < -0.4 is 5.73 Å². The minimum absolute atomic E-state index is 0.117. The second kappa shape index (κ2) is 4.52. The van der Waals surface area contributed by atoms with Crippen molar-refractivity contribution in [2.24, 2.45) is 5.73 Å². The average molecular weight is 235 g/mol. The van der Waals surface area contributed by atoms with Gasteiger partial charge in [-0.05, 0) is 12.1 Å². The molecular weight excluding hydrogens is 226 g/mol. The lowest BCUT2D eigenvalue weighted by molar-refractivity contribution is -0.231. The summed E-state index contributed by atoms with van der Waals surface area (Å²) in [4.78, 5) is 33.7. The van der Waals surface area contributed by atoms with Crippen LogP contribution in [0.25, 0.3) is 11.0 Å². The summed E-state index contributed by atoms with van der Waals surface area (Å²) >= 11 is 0. The standard InChI is InChI=1S/C10H9N3O4/c11-10(15)17-16-9(14)5-13-6-12-7-3-1-2-4-8(7)13/h1-4,6H,5H2,(H2,11,15). The van der Waals surface area contributed by atoms with E-state index in [1.54, 1.807) is 4.57 Å². The van der Waals surface area contributed by atoms with E-state index in [4.69, 9.17) is 0 Å². The maximum atomic E-state index is 11.3. The molecule has 0 atom stereocenters. The second-order valence-electron chi connectivity index (χ2n) is 3.22.